The topological polar surface area (TPSA) is 48.0 Å². The molecule has 5 nitrogen and oxygen atoms in total. The molecule has 0 atom stereocenters. The van der Waals surface area contributed by atoms with Gasteiger partial charge in [0.25, 0.3) is 0 Å². The van der Waals surface area contributed by atoms with Gasteiger partial charge in [-0.2, -0.15) is 0 Å². The summed E-state index contributed by atoms with van der Waals surface area (Å²) in [5, 5.41) is 0.420. The van der Waals surface area contributed by atoms with E-state index >= 15 is 0 Å². The molecular formula is C20H22ClNO4. The summed E-state index contributed by atoms with van der Waals surface area (Å²) in [5.41, 5.74) is 0.745. The van der Waals surface area contributed by atoms with Gasteiger partial charge in [0.1, 0.15) is 12.4 Å². The predicted molar refractivity (Wildman–Crippen MR) is 103 cm³/mol. The SMILES string of the molecule is COc1cc(/C=C/C(=O)N(C)CCOc2ccccc2)cc(Cl)c1OC. The van der Waals surface area contributed by atoms with Gasteiger partial charge in [-0.3, -0.25) is 4.79 Å². The first kappa shape index (κ1) is 19.7. The fraction of sp³-hybridized carbons (Fsp3) is 0.250. The number of para-hydroxylation sites is 1. The fourth-order valence-electron chi connectivity index (χ4n) is 2.26. The Kier molecular flexibility index (Phi) is 7.36. The van der Waals surface area contributed by atoms with Crippen LogP contribution in [0.25, 0.3) is 6.08 Å². The molecule has 0 saturated carbocycles. The van der Waals surface area contributed by atoms with E-state index in [1.165, 1.54) is 20.3 Å². The Balaban J connectivity index is 1.92. The normalized spacial score (nSPS) is 10.6. The molecule has 0 aliphatic carbocycles. The van der Waals surface area contributed by atoms with E-state index in [-0.39, 0.29) is 5.91 Å². The van der Waals surface area contributed by atoms with Gasteiger partial charge >= 0.3 is 0 Å². The monoisotopic (exact) mass is 375 g/mol. The van der Waals surface area contributed by atoms with E-state index in [0.29, 0.717) is 29.7 Å². The van der Waals surface area contributed by atoms with Crippen LogP contribution in [0.3, 0.4) is 0 Å². The van der Waals surface area contributed by atoms with Crippen molar-refractivity contribution in [1.29, 1.82) is 0 Å². The number of likely N-dealkylation sites (N-methyl/N-ethyl adjacent to an activating group) is 1. The molecule has 2 aromatic carbocycles. The molecule has 26 heavy (non-hydrogen) atoms. The van der Waals surface area contributed by atoms with Crippen LogP contribution in [0.15, 0.2) is 48.5 Å². The summed E-state index contributed by atoms with van der Waals surface area (Å²) in [4.78, 5) is 13.8. The van der Waals surface area contributed by atoms with Crippen molar-refractivity contribution in [1.82, 2.24) is 4.90 Å². The number of hydrogen-bond acceptors (Lipinski definition) is 4. The minimum Gasteiger partial charge on any atom is -0.493 e. The molecule has 0 N–H and O–H groups in total. The van der Waals surface area contributed by atoms with Crippen molar-refractivity contribution >= 4 is 23.6 Å². The molecule has 2 aromatic rings. The van der Waals surface area contributed by atoms with Crippen LogP contribution >= 0.6 is 11.6 Å². The van der Waals surface area contributed by atoms with E-state index in [4.69, 9.17) is 25.8 Å². The first-order valence-corrected chi connectivity index (χ1v) is 8.45. The van der Waals surface area contributed by atoms with Crippen molar-refractivity contribution in [3.05, 3.63) is 59.1 Å². The van der Waals surface area contributed by atoms with Crippen LogP contribution in [-0.2, 0) is 4.79 Å². The highest BCUT2D eigenvalue weighted by Gasteiger charge is 2.10. The van der Waals surface area contributed by atoms with Crippen molar-refractivity contribution in [2.45, 2.75) is 0 Å². The Morgan fingerprint density at radius 1 is 1.15 bits per heavy atom. The second-order valence-electron chi connectivity index (χ2n) is 5.49. The first-order chi connectivity index (χ1) is 12.5. The van der Waals surface area contributed by atoms with Gasteiger partial charge < -0.3 is 19.1 Å². The predicted octanol–water partition coefficient (Wildman–Crippen LogP) is 3.91. The number of carbonyl (C=O) groups excluding carboxylic acids is 1. The Hall–Kier alpha value is -2.66. The van der Waals surface area contributed by atoms with E-state index < -0.39 is 0 Å². The summed E-state index contributed by atoms with van der Waals surface area (Å²) < 4.78 is 16.0. The molecular weight excluding hydrogens is 354 g/mol. The number of rotatable bonds is 8. The molecule has 0 bridgehead atoms. The van der Waals surface area contributed by atoms with Gasteiger partial charge in [0.15, 0.2) is 11.5 Å². The summed E-state index contributed by atoms with van der Waals surface area (Å²) in [6.07, 6.45) is 3.17. The van der Waals surface area contributed by atoms with Crippen molar-refractivity contribution in [2.75, 3.05) is 34.4 Å². The highest BCUT2D eigenvalue weighted by molar-refractivity contribution is 6.32. The Bertz CT molecular complexity index is 762. The zero-order valence-electron chi connectivity index (χ0n) is 15.1. The Morgan fingerprint density at radius 3 is 2.54 bits per heavy atom. The zero-order chi connectivity index (χ0) is 18.9. The van der Waals surface area contributed by atoms with Gasteiger partial charge in [0.05, 0.1) is 25.8 Å². The largest absolute Gasteiger partial charge is 0.493 e. The second-order valence-corrected chi connectivity index (χ2v) is 5.90. The molecule has 0 spiro atoms. The number of hydrogen-bond donors (Lipinski definition) is 0. The van der Waals surface area contributed by atoms with Crippen molar-refractivity contribution < 1.29 is 19.0 Å². The van der Waals surface area contributed by atoms with Gasteiger partial charge in [-0.15, -0.1) is 0 Å². The molecule has 2 rings (SSSR count). The summed E-state index contributed by atoms with van der Waals surface area (Å²) in [7, 11) is 4.78. The third kappa shape index (κ3) is 5.43. The second kappa shape index (κ2) is 9.73. The standard InChI is InChI=1S/C20H22ClNO4/c1-22(11-12-26-16-7-5-4-6-8-16)19(23)10-9-15-13-17(21)20(25-3)18(14-15)24-2/h4-10,13-14H,11-12H2,1-3H3/b10-9+. The average molecular weight is 376 g/mol. The quantitative estimate of drug-likeness (QED) is 0.656. The maximum atomic E-state index is 12.2. The number of carbonyl (C=O) groups is 1. The number of ether oxygens (including phenoxy) is 3. The molecule has 0 aromatic heterocycles. The van der Waals surface area contributed by atoms with E-state index in [1.54, 1.807) is 30.2 Å². The van der Waals surface area contributed by atoms with Crippen molar-refractivity contribution in [3.8, 4) is 17.2 Å². The van der Waals surface area contributed by atoms with Crippen LogP contribution < -0.4 is 14.2 Å². The summed E-state index contributed by atoms with van der Waals surface area (Å²) >= 11 is 6.17. The van der Waals surface area contributed by atoms with Crippen LogP contribution in [0, 0.1) is 0 Å². The maximum absolute atomic E-state index is 12.2. The highest BCUT2D eigenvalue weighted by Crippen LogP contribution is 2.36. The number of methoxy groups -OCH3 is 2. The molecule has 0 aliphatic heterocycles. The lowest BCUT2D eigenvalue weighted by Gasteiger charge is -2.15. The van der Waals surface area contributed by atoms with Crippen molar-refractivity contribution in [2.24, 2.45) is 0 Å². The van der Waals surface area contributed by atoms with Crippen LogP contribution in [0.1, 0.15) is 5.56 Å². The minimum absolute atomic E-state index is 0.132. The molecule has 1 amide bonds. The van der Waals surface area contributed by atoms with Gasteiger partial charge in [-0.1, -0.05) is 29.8 Å². The summed E-state index contributed by atoms with van der Waals surface area (Å²) in [5.74, 6) is 1.63. The molecule has 0 heterocycles. The van der Waals surface area contributed by atoms with Gasteiger partial charge in [0, 0.05) is 13.1 Å². The zero-order valence-corrected chi connectivity index (χ0v) is 15.8. The third-order valence-corrected chi connectivity index (χ3v) is 3.97. The smallest absolute Gasteiger partial charge is 0.246 e. The van der Waals surface area contributed by atoms with E-state index in [2.05, 4.69) is 0 Å². The third-order valence-electron chi connectivity index (χ3n) is 3.69. The summed E-state index contributed by atoms with van der Waals surface area (Å²) in [6.45, 7) is 0.896. The Morgan fingerprint density at radius 2 is 1.88 bits per heavy atom. The summed E-state index contributed by atoms with van der Waals surface area (Å²) in [6, 6.07) is 13.0. The van der Waals surface area contributed by atoms with E-state index in [0.717, 1.165) is 11.3 Å². The molecule has 0 radical (unpaired) electrons. The van der Waals surface area contributed by atoms with E-state index in [9.17, 15) is 4.79 Å². The lowest BCUT2D eigenvalue weighted by atomic mass is 10.2. The lowest BCUT2D eigenvalue weighted by molar-refractivity contribution is -0.125. The number of benzene rings is 2. The van der Waals surface area contributed by atoms with Gasteiger partial charge in [-0.25, -0.2) is 0 Å². The molecule has 0 fully saturated rings. The van der Waals surface area contributed by atoms with E-state index in [1.807, 2.05) is 30.3 Å². The van der Waals surface area contributed by atoms with Crippen LogP contribution in [0.5, 0.6) is 17.2 Å². The van der Waals surface area contributed by atoms with Crippen LogP contribution in [-0.4, -0.2) is 45.2 Å². The number of amides is 1. The fourth-order valence-corrected chi connectivity index (χ4v) is 2.55. The molecule has 0 unspecified atom stereocenters. The number of halogens is 1. The minimum atomic E-state index is -0.132. The van der Waals surface area contributed by atoms with Gasteiger partial charge in [0.2, 0.25) is 5.91 Å². The highest BCUT2D eigenvalue weighted by atomic mass is 35.5. The van der Waals surface area contributed by atoms with Crippen LogP contribution in [0.2, 0.25) is 5.02 Å². The maximum Gasteiger partial charge on any atom is 0.246 e. The molecule has 0 saturated heterocycles. The Labute approximate surface area is 158 Å². The molecule has 6 heteroatoms. The van der Waals surface area contributed by atoms with Gasteiger partial charge in [-0.05, 0) is 35.9 Å². The lowest BCUT2D eigenvalue weighted by Crippen LogP contribution is -2.29. The number of nitrogens with zero attached hydrogens (tertiary/aromatic N) is 1. The molecule has 138 valence electrons. The van der Waals surface area contributed by atoms with Crippen molar-refractivity contribution in [3.63, 3.8) is 0 Å². The van der Waals surface area contributed by atoms with Crippen LogP contribution in [0.4, 0.5) is 0 Å². The average Bonchev–Trinajstić information content (AvgIpc) is 2.66. The first-order valence-electron chi connectivity index (χ1n) is 8.07. The molecule has 0 aliphatic rings.